The average molecular weight is 520 g/mol. The van der Waals surface area contributed by atoms with Gasteiger partial charge in [0.15, 0.2) is 0 Å². The Morgan fingerprint density at radius 3 is 2.73 bits per heavy atom. The summed E-state index contributed by atoms with van der Waals surface area (Å²) in [5.41, 5.74) is 5.33. The van der Waals surface area contributed by atoms with Crippen LogP contribution in [0.2, 0.25) is 0 Å². The van der Waals surface area contributed by atoms with Crippen molar-refractivity contribution >= 4 is 41.3 Å². The second-order valence-electron chi connectivity index (χ2n) is 6.49. The highest BCUT2D eigenvalue weighted by molar-refractivity contribution is 9.10. The quantitative estimate of drug-likeness (QED) is 0.247. The predicted molar refractivity (Wildman–Crippen MR) is 119 cm³/mol. The molecule has 2 N–H and O–H groups in total. The molecule has 0 spiro atoms. The molecule has 1 unspecified atom stereocenters. The number of rotatable bonds is 10. The molecule has 30 heavy (non-hydrogen) atoms. The van der Waals surface area contributed by atoms with Gasteiger partial charge in [0.1, 0.15) is 18.3 Å². The molecule has 0 aromatic heterocycles. The van der Waals surface area contributed by atoms with Crippen LogP contribution < -0.4 is 9.95 Å². The van der Waals surface area contributed by atoms with Crippen molar-refractivity contribution in [3.8, 4) is 5.75 Å². The molecule has 0 saturated heterocycles. The van der Waals surface area contributed by atoms with Gasteiger partial charge < -0.3 is 9.42 Å². The van der Waals surface area contributed by atoms with E-state index in [2.05, 4.69) is 30.9 Å². The molecule has 2 aromatic carbocycles. The third-order valence-corrected chi connectivity index (χ3v) is 6.78. The highest BCUT2D eigenvalue weighted by Gasteiger charge is 2.34. The molecule has 0 radical (unpaired) electrons. The van der Waals surface area contributed by atoms with Crippen molar-refractivity contribution in [2.24, 2.45) is 4.99 Å². The number of benzene rings is 2. The minimum atomic E-state index is -4.98. The minimum absolute atomic E-state index is 0.0743. The molecule has 1 aliphatic rings. The zero-order chi connectivity index (χ0) is 21.6. The molecule has 0 bridgehead atoms. The Balaban J connectivity index is 1.37. The lowest BCUT2D eigenvalue weighted by atomic mass is 10.1. The molecule has 0 amide bonds. The van der Waals surface area contributed by atoms with Crippen LogP contribution >= 0.6 is 35.5 Å². The summed E-state index contributed by atoms with van der Waals surface area (Å²) in [6.07, 6.45) is -0.725. The van der Waals surface area contributed by atoms with E-state index in [1.165, 1.54) is 6.07 Å². The van der Waals surface area contributed by atoms with E-state index in [9.17, 15) is 13.3 Å². The predicted octanol–water partition coefficient (Wildman–Crippen LogP) is 5.43. The van der Waals surface area contributed by atoms with E-state index in [-0.39, 0.29) is 5.75 Å². The van der Waals surface area contributed by atoms with E-state index in [1.54, 1.807) is 24.1 Å². The summed E-state index contributed by atoms with van der Waals surface area (Å²) in [6, 6.07) is 14.8. The Hall–Kier alpha value is -1.45. The van der Waals surface area contributed by atoms with Crippen molar-refractivity contribution in [3.05, 3.63) is 64.1 Å². The van der Waals surface area contributed by atoms with Crippen molar-refractivity contribution in [2.45, 2.75) is 25.4 Å². The Morgan fingerprint density at radius 1 is 1.27 bits per heavy atom. The third-order valence-electron chi connectivity index (χ3n) is 4.21. The van der Waals surface area contributed by atoms with E-state index >= 15 is 0 Å². The number of hydrogen-bond acceptors (Lipinski definition) is 6. The van der Waals surface area contributed by atoms with Crippen LogP contribution in [0, 0.1) is 0 Å². The summed E-state index contributed by atoms with van der Waals surface area (Å²) < 4.78 is 43.3. The lowest BCUT2D eigenvalue weighted by molar-refractivity contribution is 0.188. The second kappa shape index (κ2) is 10.7. The Bertz CT molecular complexity index is 936. The first-order chi connectivity index (χ1) is 14.3. The van der Waals surface area contributed by atoms with Gasteiger partial charge in [0.25, 0.3) is 0 Å². The number of unbranched alkanes of at least 4 members (excludes halogenated alkanes) is 1. The molecule has 0 saturated carbocycles. The summed E-state index contributed by atoms with van der Waals surface area (Å²) in [5, 5.41) is 0. The lowest BCUT2D eigenvalue weighted by Gasteiger charge is -2.15. The van der Waals surface area contributed by atoms with Gasteiger partial charge in [-0.1, -0.05) is 48.3 Å². The van der Waals surface area contributed by atoms with Crippen molar-refractivity contribution < 1.29 is 22.8 Å². The first kappa shape index (κ1) is 23.2. The van der Waals surface area contributed by atoms with Crippen molar-refractivity contribution in [1.29, 1.82) is 0 Å². The first-order valence-corrected chi connectivity index (χ1v) is 12.6. The number of nitrogens with one attached hydrogen (secondary N) is 1. The maximum absolute atomic E-state index is 12.5. The van der Waals surface area contributed by atoms with Crippen molar-refractivity contribution in [1.82, 2.24) is 9.84 Å². The van der Waals surface area contributed by atoms with Crippen LogP contribution in [-0.4, -0.2) is 33.7 Å². The van der Waals surface area contributed by atoms with Gasteiger partial charge in [-0.3, -0.25) is 5.43 Å². The summed E-state index contributed by atoms with van der Waals surface area (Å²) in [6.45, 7) is 0.594. The van der Waals surface area contributed by atoms with E-state index in [4.69, 9.17) is 4.89 Å². The minimum Gasteiger partial charge on any atom is -0.420 e. The molecule has 0 aliphatic carbocycles. The van der Waals surface area contributed by atoms with Crippen LogP contribution in [0.1, 0.15) is 24.0 Å². The van der Waals surface area contributed by atoms with E-state index < -0.39 is 13.8 Å². The smallest absolute Gasteiger partial charge is 0.420 e. The molecule has 162 valence electrons. The average Bonchev–Trinajstić information content (AvgIpc) is 3.19. The monoisotopic (exact) mass is 519 g/mol. The van der Waals surface area contributed by atoms with Crippen LogP contribution in [0.5, 0.6) is 5.75 Å². The number of hydrogen-bond donors (Lipinski definition) is 2. The zero-order valence-corrected chi connectivity index (χ0v) is 19.2. The molecule has 1 atom stereocenters. The molecule has 0 fully saturated rings. The maximum atomic E-state index is 12.5. The fourth-order valence-electron chi connectivity index (χ4n) is 2.71. The number of aliphatic imine (C=N–C) groups is 1. The fourth-order valence-corrected chi connectivity index (χ4v) is 4.71. The molecule has 1 heterocycles. The number of hydrazine groups is 1. The molecular formula is C19H21BrF2N3O3PS. The Labute approximate surface area is 186 Å². The standard InChI is InChI=1S/C19H21BrF2N3O3PS/c20-16-12-14(9-10-17(16)28-29(26,27)19(21)22)6-4-5-11-30-25-13-23-18(24-25)15-7-2-1-3-8-15/h1-3,7-10,12,19H,4-6,11,13H2,(H,23,24)(H,26,27). The summed E-state index contributed by atoms with van der Waals surface area (Å²) >= 11 is 4.89. The zero-order valence-electron chi connectivity index (χ0n) is 15.9. The van der Waals surface area contributed by atoms with Crippen LogP contribution in [0.3, 0.4) is 0 Å². The highest BCUT2D eigenvalue weighted by atomic mass is 79.9. The van der Waals surface area contributed by atoms with Gasteiger partial charge in [-0.2, -0.15) is 8.78 Å². The highest BCUT2D eigenvalue weighted by Crippen LogP contribution is 2.50. The lowest BCUT2D eigenvalue weighted by Crippen LogP contribution is -2.31. The molecule has 3 rings (SSSR count). The van der Waals surface area contributed by atoms with Gasteiger partial charge >= 0.3 is 13.8 Å². The van der Waals surface area contributed by atoms with Gasteiger partial charge in [0.05, 0.1) is 4.47 Å². The van der Waals surface area contributed by atoms with E-state index in [0.717, 1.165) is 42.0 Å². The van der Waals surface area contributed by atoms with Gasteiger partial charge in [0.2, 0.25) is 0 Å². The third kappa shape index (κ3) is 6.52. The van der Waals surface area contributed by atoms with Gasteiger partial charge in [0, 0.05) is 11.3 Å². The number of halogens is 3. The summed E-state index contributed by atoms with van der Waals surface area (Å²) in [7, 11) is -4.98. The number of amidine groups is 1. The van der Waals surface area contributed by atoms with Crippen LogP contribution in [0.15, 0.2) is 58.0 Å². The number of nitrogens with zero attached hydrogens (tertiary/aromatic N) is 2. The molecule has 6 nitrogen and oxygen atoms in total. The van der Waals surface area contributed by atoms with Crippen molar-refractivity contribution in [2.75, 3.05) is 12.4 Å². The molecule has 2 aromatic rings. The fraction of sp³-hybridized carbons (Fsp3) is 0.316. The maximum Gasteiger partial charge on any atom is 0.442 e. The second-order valence-corrected chi connectivity index (χ2v) is 10.2. The van der Waals surface area contributed by atoms with Gasteiger partial charge in [-0.05, 0) is 52.9 Å². The first-order valence-electron chi connectivity index (χ1n) is 9.21. The molecule has 11 heteroatoms. The van der Waals surface area contributed by atoms with Crippen LogP contribution in [-0.2, 0) is 11.0 Å². The Morgan fingerprint density at radius 2 is 2.03 bits per heavy atom. The topological polar surface area (TPSA) is 74.2 Å². The van der Waals surface area contributed by atoms with Crippen LogP contribution in [0.25, 0.3) is 0 Å². The largest absolute Gasteiger partial charge is 0.442 e. The Kier molecular flexibility index (Phi) is 8.30. The summed E-state index contributed by atoms with van der Waals surface area (Å²) in [4.78, 5) is 13.7. The van der Waals surface area contributed by atoms with Gasteiger partial charge in [-0.25, -0.2) is 9.56 Å². The summed E-state index contributed by atoms with van der Waals surface area (Å²) in [5.74, 6) is 1.72. The van der Waals surface area contributed by atoms with E-state index in [1.807, 2.05) is 34.7 Å². The molecule has 1 aliphatic heterocycles. The van der Waals surface area contributed by atoms with Crippen molar-refractivity contribution in [3.63, 3.8) is 0 Å². The van der Waals surface area contributed by atoms with Gasteiger partial charge in [-0.15, -0.1) is 4.41 Å². The molecular weight excluding hydrogens is 499 g/mol. The number of alkyl halides is 2. The number of aryl methyl sites for hydroxylation is 1. The SMILES string of the molecule is O=P(O)(Oc1ccc(CCCCSN2CN=C(c3ccccc3)N2)cc1Br)C(F)F. The normalized spacial score (nSPS) is 16.2. The van der Waals surface area contributed by atoms with E-state index in [0.29, 0.717) is 11.1 Å². The van der Waals surface area contributed by atoms with Crippen LogP contribution in [0.4, 0.5) is 8.78 Å².